The van der Waals surface area contributed by atoms with E-state index in [2.05, 4.69) is 5.10 Å². The molecule has 5 heteroatoms. The van der Waals surface area contributed by atoms with Crippen molar-refractivity contribution in [2.45, 2.75) is 13.5 Å². The Morgan fingerprint density at radius 2 is 2.55 bits per heavy atom. The minimum atomic E-state index is -0.945. The molecule has 0 saturated heterocycles. The van der Waals surface area contributed by atoms with Crippen LogP contribution in [0.2, 0.25) is 0 Å². The van der Waals surface area contributed by atoms with Gasteiger partial charge in [0.1, 0.15) is 12.4 Å². The molecule has 60 valence electrons. The van der Waals surface area contributed by atoms with Crippen molar-refractivity contribution in [3.8, 4) is 0 Å². The van der Waals surface area contributed by atoms with Gasteiger partial charge in [-0.1, -0.05) is 0 Å². The lowest BCUT2D eigenvalue weighted by Gasteiger charge is -1.97. The van der Waals surface area contributed by atoms with Gasteiger partial charge in [-0.3, -0.25) is 4.79 Å². The number of hydrogen-bond acceptors (Lipinski definition) is 3. The van der Waals surface area contributed by atoms with Gasteiger partial charge in [-0.25, -0.2) is 4.68 Å². The van der Waals surface area contributed by atoms with Gasteiger partial charge in [0.15, 0.2) is 0 Å². The predicted molar refractivity (Wildman–Crippen MR) is 39.0 cm³/mol. The standard InChI is InChI=1S/C6H9N3O2/c1-4-2-5(7)9(8-4)3-6(10)11/h2H,3,7H2,1H3,(H,10,11). The van der Waals surface area contributed by atoms with Crippen LogP contribution in [-0.4, -0.2) is 20.9 Å². The molecule has 0 aliphatic rings. The summed E-state index contributed by atoms with van der Waals surface area (Å²) in [6, 6.07) is 1.63. The topological polar surface area (TPSA) is 81.1 Å². The zero-order valence-corrected chi connectivity index (χ0v) is 6.11. The summed E-state index contributed by atoms with van der Waals surface area (Å²) in [6.45, 7) is 1.58. The Balaban J connectivity index is 2.85. The van der Waals surface area contributed by atoms with Crippen molar-refractivity contribution in [2.24, 2.45) is 0 Å². The van der Waals surface area contributed by atoms with E-state index >= 15 is 0 Å². The van der Waals surface area contributed by atoms with E-state index in [4.69, 9.17) is 10.8 Å². The van der Waals surface area contributed by atoms with Gasteiger partial charge < -0.3 is 10.8 Å². The van der Waals surface area contributed by atoms with Crippen LogP contribution in [0.4, 0.5) is 5.82 Å². The molecule has 1 heterocycles. The predicted octanol–water partition coefficient (Wildman–Crippen LogP) is -0.142. The second kappa shape index (κ2) is 2.61. The molecule has 1 aromatic heterocycles. The molecular weight excluding hydrogens is 146 g/mol. The highest BCUT2D eigenvalue weighted by Gasteiger charge is 2.04. The normalized spacial score (nSPS) is 9.91. The largest absolute Gasteiger partial charge is 0.480 e. The maximum absolute atomic E-state index is 10.2. The number of aliphatic carboxylic acids is 1. The Morgan fingerprint density at radius 1 is 1.91 bits per heavy atom. The van der Waals surface area contributed by atoms with Gasteiger partial charge in [0.05, 0.1) is 5.69 Å². The minimum absolute atomic E-state index is 0.181. The molecule has 3 N–H and O–H groups in total. The van der Waals surface area contributed by atoms with E-state index in [1.165, 1.54) is 4.68 Å². The number of carboxylic acids is 1. The number of rotatable bonds is 2. The van der Waals surface area contributed by atoms with Gasteiger partial charge in [-0.2, -0.15) is 5.10 Å². The fourth-order valence-corrected chi connectivity index (χ4v) is 0.820. The number of nitrogen functional groups attached to an aromatic ring is 1. The second-order valence-corrected chi connectivity index (χ2v) is 2.26. The molecule has 0 radical (unpaired) electrons. The first kappa shape index (κ1) is 7.59. The molecule has 0 bridgehead atoms. The Kier molecular flexibility index (Phi) is 1.80. The third-order valence-electron chi connectivity index (χ3n) is 1.22. The maximum Gasteiger partial charge on any atom is 0.325 e. The molecule has 0 atom stereocenters. The van der Waals surface area contributed by atoms with Crippen molar-refractivity contribution in [3.63, 3.8) is 0 Å². The SMILES string of the molecule is Cc1cc(N)n(CC(=O)O)n1. The number of aryl methyl sites for hydroxylation is 1. The molecule has 5 nitrogen and oxygen atoms in total. The lowest BCUT2D eigenvalue weighted by atomic mass is 10.5. The molecule has 11 heavy (non-hydrogen) atoms. The third kappa shape index (κ3) is 1.70. The molecule has 0 spiro atoms. The van der Waals surface area contributed by atoms with E-state index in [0.717, 1.165) is 5.69 Å². The highest BCUT2D eigenvalue weighted by atomic mass is 16.4. The summed E-state index contributed by atoms with van der Waals surface area (Å²) in [5.41, 5.74) is 6.15. The zero-order chi connectivity index (χ0) is 8.43. The van der Waals surface area contributed by atoms with E-state index in [0.29, 0.717) is 5.82 Å². The quantitative estimate of drug-likeness (QED) is 0.622. The fraction of sp³-hybridized carbons (Fsp3) is 0.333. The molecule has 0 unspecified atom stereocenters. The lowest BCUT2D eigenvalue weighted by molar-refractivity contribution is -0.137. The molecule has 0 aromatic carbocycles. The monoisotopic (exact) mass is 155 g/mol. The Morgan fingerprint density at radius 3 is 2.91 bits per heavy atom. The molecular formula is C6H9N3O2. The zero-order valence-electron chi connectivity index (χ0n) is 6.11. The number of nitrogens with zero attached hydrogens (tertiary/aromatic N) is 2. The van der Waals surface area contributed by atoms with Gasteiger partial charge in [0, 0.05) is 6.07 Å². The first-order valence-electron chi connectivity index (χ1n) is 3.11. The number of nitrogens with two attached hydrogens (primary N) is 1. The van der Waals surface area contributed by atoms with Crippen LogP contribution in [0.15, 0.2) is 6.07 Å². The summed E-state index contributed by atoms with van der Waals surface area (Å²) in [5.74, 6) is -0.565. The molecule has 0 aliphatic carbocycles. The fourth-order valence-electron chi connectivity index (χ4n) is 0.820. The molecule has 1 aromatic rings. The number of aromatic nitrogens is 2. The molecule has 0 amide bonds. The van der Waals surface area contributed by atoms with Gasteiger partial charge >= 0.3 is 5.97 Å². The Bertz CT molecular complexity index is 279. The van der Waals surface area contributed by atoms with Gasteiger partial charge in [-0.15, -0.1) is 0 Å². The van der Waals surface area contributed by atoms with Crippen LogP contribution in [0, 0.1) is 6.92 Å². The van der Waals surface area contributed by atoms with Crippen molar-refractivity contribution in [1.29, 1.82) is 0 Å². The van der Waals surface area contributed by atoms with E-state index in [9.17, 15) is 4.79 Å². The van der Waals surface area contributed by atoms with Gasteiger partial charge in [-0.05, 0) is 6.92 Å². The van der Waals surface area contributed by atoms with Crippen molar-refractivity contribution < 1.29 is 9.90 Å². The van der Waals surface area contributed by atoms with Gasteiger partial charge in [0.2, 0.25) is 0 Å². The third-order valence-corrected chi connectivity index (χ3v) is 1.22. The average molecular weight is 155 g/mol. The molecule has 0 aliphatic heterocycles. The highest BCUT2D eigenvalue weighted by Crippen LogP contribution is 2.03. The summed E-state index contributed by atoms with van der Waals surface area (Å²) in [6.07, 6.45) is 0. The molecule has 1 rings (SSSR count). The van der Waals surface area contributed by atoms with Gasteiger partial charge in [0.25, 0.3) is 0 Å². The number of anilines is 1. The van der Waals surface area contributed by atoms with Crippen LogP contribution in [0.1, 0.15) is 5.69 Å². The van der Waals surface area contributed by atoms with E-state index in [1.807, 2.05) is 0 Å². The average Bonchev–Trinajstić information content (AvgIpc) is 2.09. The summed E-state index contributed by atoms with van der Waals surface area (Å²) < 4.78 is 1.25. The van der Waals surface area contributed by atoms with Crippen LogP contribution in [0.5, 0.6) is 0 Å². The van der Waals surface area contributed by atoms with E-state index in [1.54, 1.807) is 13.0 Å². The van der Waals surface area contributed by atoms with Crippen LogP contribution in [0.3, 0.4) is 0 Å². The van der Waals surface area contributed by atoms with Crippen LogP contribution in [0.25, 0.3) is 0 Å². The minimum Gasteiger partial charge on any atom is -0.480 e. The van der Waals surface area contributed by atoms with Crippen LogP contribution >= 0.6 is 0 Å². The van der Waals surface area contributed by atoms with Crippen LogP contribution in [-0.2, 0) is 11.3 Å². The smallest absolute Gasteiger partial charge is 0.325 e. The Labute approximate surface area is 63.4 Å². The van der Waals surface area contributed by atoms with Crippen LogP contribution < -0.4 is 5.73 Å². The van der Waals surface area contributed by atoms with Crippen molar-refractivity contribution in [3.05, 3.63) is 11.8 Å². The molecule has 0 saturated carbocycles. The number of carbonyl (C=O) groups is 1. The van der Waals surface area contributed by atoms with E-state index < -0.39 is 5.97 Å². The van der Waals surface area contributed by atoms with E-state index in [-0.39, 0.29) is 6.54 Å². The lowest BCUT2D eigenvalue weighted by Crippen LogP contribution is -2.12. The number of carboxylic acid groups (broad SMARTS) is 1. The van der Waals surface area contributed by atoms with Crippen molar-refractivity contribution in [1.82, 2.24) is 9.78 Å². The summed E-state index contributed by atoms with van der Waals surface area (Å²) in [5, 5.41) is 12.2. The second-order valence-electron chi connectivity index (χ2n) is 2.26. The maximum atomic E-state index is 10.2. The summed E-state index contributed by atoms with van der Waals surface area (Å²) >= 11 is 0. The summed E-state index contributed by atoms with van der Waals surface area (Å²) in [7, 11) is 0. The van der Waals surface area contributed by atoms with Crippen molar-refractivity contribution in [2.75, 3.05) is 5.73 Å². The first-order valence-corrected chi connectivity index (χ1v) is 3.11. The summed E-state index contributed by atoms with van der Waals surface area (Å²) in [4.78, 5) is 10.2. The number of hydrogen-bond donors (Lipinski definition) is 2. The Hall–Kier alpha value is -1.52. The first-order chi connectivity index (χ1) is 5.09. The van der Waals surface area contributed by atoms with Crippen molar-refractivity contribution >= 4 is 11.8 Å². The molecule has 0 fully saturated rings. The highest BCUT2D eigenvalue weighted by molar-refractivity contribution is 5.67.